The first-order chi connectivity index (χ1) is 16.0. The number of nitrogens with zero attached hydrogens (tertiary/aromatic N) is 3. The first-order valence-corrected chi connectivity index (χ1v) is 12.8. The number of ether oxygens (including phenoxy) is 1. The summed E-state index contributed by atoms with van der Waals surface area (Å²) in [5, 5.41) is 3.98. The van der Waals surface area contributed by atoms with Gasteiger partial charge in [0.05, 0.1) is 13.2 Å². The number of nitrogens with one attached hydrogen (secondary N) is 1. The van der Waals surface area contributed by atoms with Crippen LogP contribution in [-0.2, 0) is 4.74 Å². The van der Waals surface area contributed by atoms with Crippen molar-refractivity contribution in [1.82, 2.24) is 4.90 Å². The highest BCUT2D eigenvalue weighted by Gasteiger charge is 2.25. The van der Waals surface area contributed by atoms with E-state index in [-0.39, 0.29) is 0 Å². The van der Waals surface area contributed by atoms with Crippen LogP contribution in [0.2, 0.25) is 0 Å². The Morgan fingerprint density at radius 3 is 2.58 bits per heavy atom. The van der Waals surface area contributed by atoms with Crippen LogP contribution >= 0.6 is 24.0 Å². The van der Waals surface area contributed by atoms with E-state index in [0.717, 1.165) is 50.8 Å². The van der Waals surface area contributed by atoms with Gasteiger partial charge >= 0.3 is 0 Å². The van der Waals surface area contributed by atoms with Gasteiger partial charge in [-0.25, -0.2) is 0 Å². The number of allylic oxidation sites excluding steroid dienone is 4. The molecule has 1 aromatic carbocycles. The third-order valence-corrected chi connectivity index (χ3v) is 6.98. The van der Waals surface area contributed by atoms with Crippen LogP contribution in [-0.4, -0.2) is 66.4 Å². The molecule has 3 rings (SSSR count). The fraction of sp³-hybridized carbons (Fsp3) is 0.440. The number of amidine groups is 1. The minimum Gasteiger partial charge on any atom is -0.379 e. The maximum atomic E-state index is 6.03. The monoisotopic (exact) mass is 485 g/mol. The number of hydrogen-bond acceptors (Lipinski definition) is 5. The van der Waals surface area contributed by atoms with Gasteiger partial charge in [0.25, 0.3) is 0 Å². The molecule has 3 N–H and O–H groups in total. The van der Waals surface area contributed by atoms with E-state index in [4.69, 9.17) is 22.7 Å². The van der Waals surface area contributed by atoms with Crippen LogP contribution in [0.15, 0.2) is 65.7 Å². The number of hydrogen-bond donors (Lipinski definition) is 2. The zero-order chi connectivity index (χ0) is 23.5. The molecule has 0 amide bonds. The van der Waals surface area contributed by atoms with Crippen LogP contribution in [0.3, 0.4) is 0 Å². The highest BCUT2D eigenvalue weighted by molar-refractivity contribution is 8.14. The van der Waals surface area contributed by atoms with Crippen molar-refractivity contribution in [2.75, 3.05) is 55.4 Å². The van der Waals surface area contributed by atoms with Crippen LogP contribution in [0.5, 0.6) is 0 Å². The minimum absolute atomic E-state index is 0.368. The summed E-state index contributed by atoms with van der Waals surface area (Å²) in [5.74, 6) is 0.760. The molecule has 0 aliphatic carbocycles. The molecule has 0 aromatic heterocycles. The van der Waals surface area contributed by atoms with Crippen molar-refractivity contribution in [3.8, 4) is 0 Å². The van der Waals surface area contributed by atoms with E-state index < -0.39 is 0 Å². The van der Waals surface area contributed by atoms with Crippen LogP contribution in [0, 0.1) is 0 Å². The molecule has 0 saturated carbocycles. The van der Waals surface area contributed by atoms with Crippen molar-refractivity contribution < 1.29 is 4.74 Å². The van der Waals surface area contributed by atoms with Crippen LogP contribution in [0.4, 0.5) is 11.4 Å². The number of benzene rings is 1. The summed E-state index contributed by atoms with van der Waals surface area (Å²) in [4.78, 5) is 9.36. The molecule has 8 heteroatoms. The Bertz CT molecular complexity index is 867. The summed E-state index contributed by atoms with van der Waals surface area (Å²) in [7, 11) is 0. The Balaban J connectivity index is 1.43. The molecular weight excluding hydrogens is 450 g/mol. The standard InChI is InChI=1S/C25H35N5OS2/c1-3-4-5-6-20(2)19-33-24(26)28-25(32)27-21-7-9-22(10-8-21)29-13-11-23(12-14-29)30-15-17-31-18-16-30/h3-10,23H,1,11-19H2,2H3,(H3,26,27,28,32)/b5-4-,20-6+. The molecule has 2 saturated heterocycles. The zero-order valence-corrected chi connectivity index (χ0v) is 21.0. The van der Waals surface area contributed by atoms with Gasteiger partial charge in [0.2, 0.25) is 0 Å². The largest absolute Gasteiger partial charge is 0.379 e. The molecule has 2 fully saturated rings. The molecule has 1 aromatic rings. The third-order valence-electron chi connectivity index (χ3n) is 5.80. The number of aliphatic imine (C=N–C) groups is 1. The number of rotatable bonds is 7. The molecule has 0 spiro atoms. The van der Waals surface area contributed by atoms with Crippen molar-refractivity contribution in [2.45, 2.75) is 25.8 Å². The Morgan fingerprint density at radius 2 is 1.91 bits per heavy atom. The summed E-state index contributed by atoms with van der Waals surface area (Å²) >= 11 is 6.83. The van der Waals surface area contributed by atoms with Gasteiger partial charge in [0, 0.05) is 49.3 Å². The highest BCUT2D eigenvalue weighted by atomic mass is 32.2. The SMILES string of the molecule is C=C/C=C\C=C(/C)CSC(N)=NC(=S)Nc1ccc(N2CCC(N3CCOCC3)CC2)cc1. The highest BCUT2D eigenvalue weighted by Crippen LogP contribution is 2.24. The zero-order valence-electron chi connectivity index (χ0n) is 19.4. The van der Waals surface area contributed by atoms with Gasteiger partial charge in [-0.2, -0.15) is 4.99 Å². The number of piperidine rings is 1. The number of anilines is 2. The molecule has 33 heavy (non-hydrogen) atoms. The van der Waals surface area contributed by atoms with Gasteiger partial charge in [-0.15, -0.1) is 0 Å². The molecule has 178 valence electrons. The second-order valence-corrected chi connectivity index (χ2v) is 9.60. The molecule has 2 aliphatic heterocycles. The smallest absolute Gasteiger partial charge is 0.199 e. The Morgan fingerprint density at radius 1 is 1.21 bits per heavy atom. The lowest BCUT2D eigenvalue weighted by molar-refractivity contribution is 0.0115. The van der Waals surface area contributed by atoms with Crippen LogP contribution < -0.4 is 16.0 Å². The fourth-order valence-electron chi connectivity index (χ4n) is 4.01. The predicted octanol–water partition coefficient (Wildman–Crippen LogP) is 4.42. The summed E-state index contributed by atoms with van der Waals surface area (Å²) in [5.41, 5.74) is 9.38. The van der Waals surface area contributed by atoms with E-state index in [1.165, 1.54) is 35.9 Å². The Labute approximate surface area is 207 Å². The minimum atomic E-state index is 0.368. The van der Waals surface area contributed by atoms with Gasteiger partial charge in [-0.3, -0.25) is 4.90 Å². The second-order valence-electron chi connectivity index (χ2n) is 8.22. The normalized spacial score (nSPS) is 19.1. The average molecular weight is 486 g/mol. The molecule has 0 bridgehead atoms. The fourth-order valence-corrected chi connectivity index (χ4v) is 4.91. The van der Waals surface area contributed by atoms with Gasteiger partial charge in [-0.1, -0.05) is 48.2 Å². The predicted molar refractivity (Wildman–Crippen MR) is 147 cm³/mol. The Hall–Kier alpha value is -2.13. The summed E-state index contributed by atoms with van der Waals surface area (Å²) in [6.45, 7) is 11.8. The van der Waals surface area contributed by atoms with E-state index in [1.54, 1.807) is 6.08 Å². The van der Waals surface area contributed by atoms with Gasteiger partial charge in [-0.05, 0) is 56.2 Å². The number of nitrogens with two attached hydrogens (primary N) is 1. The van der Waals surface area contributed by atoms with Gasteiger partial charge in [0.15, 0.2) is 10.3 Å². The maximum absolute atomic E-state index is 6.03. The molecule has 2 aliphatic rings. The lowest BCUT2D eigenvalue weighted by atomic mass is 10.0. The topological polar surface area (TPSA) is 66.1 Å². The molecule has 2 heterocycles. The van der Waals surface area contributed by atoms with Gasteiger partial charge < -0.3 is 20.7 Å². The van der Waals surface area contributed by atoms with E-state index in [1.807, 2.05) is 30.4 Å². The van der Waals surface area contributed by atoms with Crippen molar-refractivity contribution >= 4 is 45.6 Å². The van der Waals surface area contributed by atoms with E-state index in [0.29, 0.717) is 16.3 Å². The summed E-state index contributed by atoms with van der Waals surface area (Å²) in [6.07, 6.45) is 10.0. The van der Waals surface area contributed by atoms with Gasteiger partial charge in [0.1, 0.15) is 0 Å². The lowest BCUT2D eigenvalue weighted by Gasteiger charge is -2.40. The number of morpholine rings is 1. The number of thiocarbonyl (C=S) groups is 1. The van der Waals surface area contributed by atoms with Crippen LogP contribution in [0.25, 0.3) is 0 Å². The summed E-state index contributed by atoms with van der Waals surface area (Å²) < 4.78 is 5.49. The quantitative estimate of drug-likeness (QED) is 0.256. The van der Waals surface area contributed by atoms with E-state index in [2.05, 4.69) is 45.7 Å². The van der Waals surface area contributed by atoms with E-state index in [9.17, 15) is 0 Å². The van der Waals surface area contributed by atoms with Crippen molar-refractivity contribution in [3.63, 3.8) is 0 Å². The van der Waals surface area contributed by atoms with Crippen LogP contribution in [0.1, 0.15) is 19.8 Å². The molecular formula is C25H35N5OS2. The van der Waals surface area contributed by atoms with E-state index >= 15 is 0 Å². The molecule has 0 radical (unpaired) electrons. The lowest BCUT2D eigenvalue weighted by Crippen LogP contribution is -2.49. The van der Waals surface area contributed by atoms with Crippen molar-refractivity contribution in [3.05, 3.63) is 60.7 Å². The second kappa shape index (κ2) is 13.5. The maximum Gasteiger partial charge on any atom is 0.199 e. The first kappa shape index (κ1) is 25.5. The number of thioether (sulfide) groups is 1. The first-order valence-electron chi connectivity index (χ1n) is 11.4. The van der Waals surface area contributed by atoms with Crippen molar-refractivity contribution in [2.24, 2.45) is 10.7 Å². The molecule has 6 nitrogen and oxygen atoms in total. The summed E-state index contributed by atoms with van der Waals surface area (Å²) in [6, 6.07) is 9.08. The Kier molecular flexibility index (Phi) is 10.5. The van der Waals surface area contributed by atoms with Crippen molar-refractivity contribution in [1.29, 1.82) is 0 Å². The third kappa shape index (κ3) is 8.62. The average Bonchev–Trinajstić information content (AvgIpc) is 2.84. The molecule has 0 atom stereocenters. The molecule has 0 unspecified atom stereocenters.